The Bertz CT molecular complexity index is 618. The van der Waals surface area contributed by atoms with Gasteiger partial charge in [-0.25, -0.2) is 8.42 Å². The van der Waals surface area contributed by atoms with Crippen LogP contribution < -0.4 is 0 Å². The van der Waals surface area contributed by atoms with Crippen molar-refractivity contribution < 1.29 is 18.3 Å². The standard InChI is InChI=1S/C13H23N3O4S/c1-9-11(10(6-17)15-14-9)21(18,19)16-7-12(2,3)20-13(4,5)8-16/h17H,6-8H2,1-5H3,(H,14,15). The SMILES string of the molecule is Cc1[nH]nc(CO)c1S(=O)(=O)N1CC(C)(C)OC(C)(C)C1. The van der Waals surface area contributed by atoms with Crippen molar-refractivity contribution in [2.45, 2.75) is 57.3 Å². The summed E-state index contributed by atoms with van der Waals surface area (Å²) in [5.41, 5.74) is -0.576. The number of sulfonamides is 1. The molecule has 2 heterocycles. The van der Waals surface area contributed by atoms with Crippen molar-refractivity contribution in [2.24, 2.45) is 0 Å². The fourth-order valence-corrected chi connectivity index (χ4v) is 5.00. The molecule has 8 heteroatoms. The number of hydrogen-bond acceptors (Lipinski definition) is 5. The number of ether oxygens (including phenoxy) is 1. The Morgan fingerprint density at radius 3 is 2.29 bits per heavy atom. The minimum Gasteiger partial charge on any atom is -0.390 e. The predicted octanol–water partition coefficient (Wildman–Crippen LogP) is 0.789. The van der Waals surface area contributed by atoms with Gasteiger partial charge in [0.25, 0.3) is 0 Å². The van der Waals surface area contributed by atoms with Crippen LogP contribution in [0.4, 0.5) is 0 Å². The molecule has 1 aliphatic heterocycles. The normalized spacial score (nSPS) is 22.4. The van der Waals surface area contributed by atoms with E-state index < -0.39 is 27.8 Å². The minimum absolute atomic E-state index is 0.0681. The number of aromatic nitrogens is 2. The van der Waals surface area contributed by atoms with Crippen LogP contribution in [0, 0.1) is 6.92 Å². The van der Waals surface area contributed by atoms with E-state index in [0.717, 1.165) is 0 Å². The molecule has 0 aliphatic carbocycles. The first kappa shape index (κ1) is 16.4. The molecule has 0 aromatic carbocycles. The summed E-state index contributed by atoms with van der Waals surface area (Å²) in [5.74, 6) is 0. The van der Waals surface area contributed by atoms with E-state index in [2.05, 4.69) is 10.2 Å². The Morgan fingerprint density at radius 1 is 1.29 bits per heavy atom. The Labute approximate surface area is 125 Å². The van der Waals surface area contributed by atoms with E-state index in [4.69, 9.17) is 4.74 Å². The van der Waals surface area contributed by atoms with E-state index in [9.17, 15) is 13.5 Å². The molecule has 0 saturated carbocycles. The summed E-state index contributed by atoms with van der Waals surface area (Å²) in [6.45, 7) is 9.20. The summed E-state index contributed by atoms with van der Waals surface area (Å²) in [6, 6.07) is 0. The van der Waals surface area contributed by atoms with E-state index >= 15 is 0 Å². The van der Waals surface area contributed by atoms with Crippen LogP contribution in [0.5, 0.6) is 0 Å². The van der Waals surface area contributed by atoms with Crippen molar-refractivity contribution in [1.82, 2.24) is 14.5 Å². The molecule has 0 unspecified atom stereocenters. The number of H-pyrrole nitrogens is 1. The molecule has 0 radical (unpaired) electrons. The number of aryl methyl sites for hydroxylation is 1. The van der Waals surface area contributed by atoms with Crippen molar-refractivity contribution in [2.75, 3.05) is 13.1 Å². The average Bonchev–Trinajstić information content (AvgIpc) is 2.66. The topological polar surface area (TPSA) is 95.5 Å². The summed E-state index contributed by atoms with van der Waals surface area (Å²) < 4.78 is 33.2. The molecule has 0 atom stereocenters. The van der Waals surface area contributed by atoms with Gasteiger partial charge in [-0.3, -0.25) is 5.10 Å². The fraction of sp³-hybridized carbons (Fsp3) is 0.769. The van der Waals surface area contributed by atoms with Gasteiger partial charge in [-0.05, 0) is 34.6 Å². The highest BCUT2D eigenvalue weighted by molar-refractivity contribution is 7.89. The molecule has 0 bridgehead atoms. The van der Waals surface area contributed by atoms with E-state index in [1.807, 2.05) is 27.7 Å². The summed E-state index contributed by atoms with van der Waals surface area (Å²) in [6.07, 6.45) is 0. The van der Waals surface area contributed by atoms with Crippen LogP contribution in [0.1, 0.15) is 39.1 Å². The first-order valence-electron chi connectivity index (χ1n) is 6.83. The van der Waals surface area contributed by atoms with Gasteiger partial charge in [-0.2, -0.15) is 9.40 Å². The van der Waals surface area contributed by atoms with Crippen LogP contribution >= 0.6 is 0 Å². The van der Waals surface area contributed by atoms with E-state index in [0.29, 0.717) is 5.69 Å². The molecule has 1 aromatic heterocycles. The van der Waals surface area contributed by atoms with Crippen molar-refractivity contribution in [3.8, 4) is 0 Å². The van der Waals surface area contributed by atoms with Gasteiger partial charge in [0.15, 0.2) is 0 Å². The van der Waals surface area contributed by atoms with Gasteiger partial charge in [-0.15, -0.1) is 0 Å². The summed E-state index contributed by atoms with van der Waals surface area (Å²) in [4.78, 5) is 0.0681. The Kier molecular flexibility index (Phi) is 3.94. The molecule has 0 spiro atoms. The second kappa shape index (κ2) is 5.05. The molecule has 1 saturated heterocycles. The highest BCUT2D eigenvalue weighted by atomic mass is 32.2. The molecule has 1 aliphatic rings. The number of aromatic amines is 1. The molecule has 120 valence electrons. The maximum absolute atomic E-state index is 12.9. The van der Waals surface area contributed by atoms with Crippen molar-refractivity contribution in [3.05, 3.63) is 11.4 Å². The molecule has 2 N–H and O–H groups in total. The second-order valence-electron chi connectivity index (χ2n) is 6.68. The van der Waals surface area contributed by atoms with Crippen molar-refractivity contribution in [3.63, 3.8) is 0 Å². The van der Waals surface area contributed by atoms with Crippen molar-refractivity contribution in [1.29, 1.82) is 0 Å². The van der Waals surface area contributed by atoms with Gasteiger partial charge in [-0.1, -0.05) is 0 Å². The maximum atomic E-state index is 12.9. The third-order valence-electron chi connectivity index (χ3n) is 3.38. The van der Waals surface area contributed by atoms with Gasteiger partial charge in [0.05, 0.1) is 23.5 Å². The quantitative estimate of drug-likeness (QED) is 0.859. The Hall–Kier alpha value is -0.960. The zero-order valence-corrected chi connectivity index (χ0v) is 13.9. The monoisotopic (exact) mass is 317 g/mol. The van der Waals surface area contributed by atoms with E-state index in [1.165, 1.54) is 4.31 Å². The van der Waals surface area contributed by atoms with E-state index in [-0.39, 0.29) is 23.7 Å². The first-order chi connectivity index (χ1) is 9.48. The Morgan fingerprint density at radius 2 is 1.81 bits per heavy atom. The van der Waals surface area contributed by atoms with Crippen LogP contribution in [0.15, 0.2) is 4.90 Å². The van der Waals surface area contributed by atoms with Crippen molar-refractivity contribution >= 4 is 10.0 Å². The number of nitrogens with one attached hydrogen (secondary N) is 1. The highest BCUT2D eigenvalue weighted by Gasteiger charge is 2.44. The predicted molar refractivity (Wildman–Crippen MR) is 77.2 cm³/mol. The third-order valence-corrected chi connectivity index (χ3v) is 5.37. The zero-order valence-electron chi connectivity index (χ0n) is 13.1. The number of hydrogen-bond donors (Lipinski definition) is 2. The van der Waals surface area contributed by atoms with Gasteiger partial charge >= 0.3 is 0 Å². The molecule has 1 fully saturated rings. The molecular weight excluding hydrogens is 294 g/mol. The van der Waals surface area contributed by atoms with Crippen LogP contribution in [0.25, 0.3) is 0 Å². The number of rotatable bonds is 3. The molecule has 2 rings (SSSR count). The van der Waals surface area contributed by atoms with E-state index in [1.54, 1.807) is 6.92 Å². The van der Waals surface area contributed by atoms with Crippen LogP contribution in [-0.4, -0.2) is 52.3 Å². The Balaban J connectivity index is 2.46. The zero-order chi connectivity index (χ0) is 16.1. The van der Waals surface area contributed by atoms with Gasteiger partial charge in [0.1, 0.15) is 10.6 Å². The summed E-state index contributed by atoms with van der Waals surface area (Å²) in [5, 5.41) is 15.8. The maximum Gasteiger partial charge on any atom is 0.247 e. The largest absolute Gasteiger partial charge is 0.390 e. The first-order valence-corrected chi connectivity index (χ1v) is 8.27. The lowest BCUT2D eigenvalue weighted by Crippen LogP contribution is -2.58. The van der Waals surface area contributed by atoms with Gasteiger partial charge < -0.3 is 9.84 Å². The lowest BCUT2D eigenvalue weighted by molar-refractivity contribution is -0.163. The second-order valence-corrected chi connectivity index (χ2v) is 8.55. The number of nitrogens with zero attached hydrogens (tertiary/aromatic N) is 2. The molecule has 1 aromatic rings. The molecule has 7 nitrogen and oxygen atoms in total. The lowest BCUT2D eigenvalue weighted by Gasteiger charge is -2.46. The van der Waals surface area contributed by atoms with Crippen LogP contribution in [0.2, 0.25) is 0 Å². The summed E-state index contributed by atoms with van der Waals surface area (Å²) >= 11 is 0. The fourth-order valence-electron chi connectivity index (χ4n) is 2.94. The molecule has 0 amide bonds. The van der Waals surface area contributed by atoms with Crippen LogP contribution in [0.3, 0.4) is 0 Å². The smallest absolute Gasteiger partial charge is 0.247 e. The minimum atomic E-state index is -3.73. The average molecular weight is 317 g/mol. The molecule has 21 heavy (non-hydrogen) atoms. The van der Waals surface area contributed by atoms with Crippen LogP contribution in [-0.2, 0) is 21.4 Å². The van der Waals surface area contributed by atoms with Gasteiger partial charge in [0, 0.05) is 13.1 Å². The number of aliphatic hydroxyl groups excluding tert-OH is 1. The van der Waals surface area contributed by atoms with Gasteiger partial charge in [0.2, 0.25) is 10.0 Å². The molecular formula is C13H23N3O4S. The lowest BCUT2D eigenvalue weighted by atomic mass is 10.0. The highest BCUT2D eigenvalue weighted by Crippen LogP contribution is 2.33. The number of morpholine rings is 1. The third kappa shape index (κ3) is 3.13. The number of aliphatic hydroxyl groups is 1. The summed E-state index contributed by atoms with van der Waals surface area (Å²) in [7, 11) is -3.73.